The third kappa shape index (κ3) is 9.47. The molecule has 9 N–H and O–H groups in total. The maximum absolute atomic E-state index is 12.4. The van der Waals surface area contributed by atoms with Gasteiger partial charge in [-0.15, -0.1) is 0 Å². The third-order valence-electron chi connectivity index (χ3n) is 3.47. The smallest absolute Gasteiger partial charge is 0.325 e. The van der Waals surface area contributed by atoms with E-state index in [1.807, 2.05) is 5.32 Å². The molecule has 4 atom stereocenters. The molecular formula is C15H25N5O8. The predicted molar refractivity (Wildman–Crippen MR) is 93.4 cm³/mol. The highest BCUT2D eigenvalue weighted by molar-refractivity contribution is 5.95. The van der Waals surface area contributed by atoms with Crippen LogP contribution in [0.15, 0.2) is 0 Å². The quantitative estimate of drug-likeness (QED) is 0.172. The molecule has 0 aromatic heterocycles. The first-order chi connectivity index (χ1) is 12.8. The molecule has 0 rings (SSSR count). The van der Waals surface area contributed by atoms with Gasteiger partial charge in [-0.1, -0.05) is 0 Å². The fraction of sp³-hybridized carbons (Fsp3) is 0.600. The van der Waals surface area contributed by atoms with Gasteiger partial charge in [0.1, 0.15) is 18.1 Å². The summed E-state index contributed by atoms with van der Waals surface area (Å²) in [4.78, 5) is 69.0. The molecule has 0 radical (unpaired) electrons. The van der Waals surface area contributed by atoms with Gasteiger partial charge in [-0.3, -0.25) is 28.8 Å². The Morgan fingerprint density at radius 1 is 0.857 bits per heavy atom. The van der Waals surface area contributed by atoms with Gasteiger partial charge in [0.05, 0.1) is 12.5 Å². The van der Waals surface area contributed by atoms with E-state index in [0.29, 0.717) is 0 Å². The Morgan fingerprint density at radius 2 is 1.36 bits per heavy atom. The van der Waals surface area contributed by atoms with Crippen LogP contribution in [0.4, 0.5) is 0 Å². The van der Waals surface area contributed by atoms with Crippen LogP contribution in [0.2, 0.25) is 0 Å². The highest BCUT2D eigenvalue weighted by Crippen LogP contribution is 2.02. The molecule has 0 saturated carbocycles. The van der Waals surface area contributed by atoms with Gasteiger partial charge in [-0.25, -0.2) is 0 Å². The second-order valence-electron chi connectivity index (χ2n) is 6.08. The van der Waals surface area contributed by atoms with Crippen LogP contribution in [0, 0.1) is 0 Å². The van der Waals surface area contributed by atoms with Crippen molar-refractivity contribution < 1.29 is 39.0 Å². The summed E-state index contributed by atoms with van der Waals surface area (Å²) in [6, 6.07) is -5.23. The van der Waals surface area contributed by atoms with Crippen molar-refractivity contribution in [3.05, 3.63) is 0 Å². The Bertz CT molecular complexity index is 636. The van der Waals surface area contributed by atoms with Crippen molar-refractivity contribution in [2.24, 2.45) is 11.5 Å². The molecule has 0 aliphatic rings. The first kappa shape index (κ1) is 24.8. The molecule has 0 fully saturated rings. The molecule has 0 saturated heterocycles. The maximum Gasteiger partial charge on any atom is 0.325 e. The van der Waals surface area contributed by atoms with Crippen LogP contribution in [0.3, 0.4) is 0 Å². The van der Waals surface area contributed by atoms with Gasteiger partial charge in [0.2, 0.25) is 23.6 Å². The minimum absolute atomic E-state index is 0.216. The van der Waals surface area contributed by atoms with Crippen molar-refractivity contribution in [3.8, 4) is 0 Å². The minimum Gasteiger partial charge on any atom is -0.481 e. The van der Waals surface area contributed by atoms with E-state index < -0.39 is 66.2 Å². The number of primary amides is 1. The van der Waals surface area contributed by atoms with Crippen LogP contribution < -0.4 is 27.4 Å². The van der Waals surface area contributed by atoms with E-state index in [-0.39, 0.29) is 12.8 Å². The molecule has 0 heterocycles. The summed E-state index contributed by atoms with van der Waals surface area (Å²) in [6.45, 7) is 2.50. The molecule has 4 amide bonds. The molecule has 0 bridgehead atoms. The number of rotatable bonds is 12. The van der Waals surface area contributed by atoms with E-state index in [1.54, 1.807) is 0 Å². The number of aliphatic carboxylic acids is 2. The molecular weight excluding hydrogens is 378 g/mol. The molecule has 158 valence electrons. The normalized spacial score (nSPS) is 14.7. The van der Waals surface area contributed by atoms with Crippen molar-refractivity contribution >= 4 is 35.6 Å². The first-order valence-electron chi connectivity index (χ1n) is 8.24. The average molecular weight is 403 g/mol. The highest BCUT2D eigenvalue weighted by atomic mass is 16.4. The van der Waals surface area contributed by atoms with E-state index >= 15 is 0 Å². The van der Waals surface area contributed by atoms with Gasteiger partial charge < -0.3 is 37.6 Å². The molecule has 13 heteroatoms. The van der Waals surface area contributed by atoms with Crippen LogP contribution in [0.1, 0.15) is 33.1 Å². The number of carboxylic acids is 2. The first-order valence-corrected chi connectivity index (χ1v) is 8.24. The summed E-state index contributed by atoms with van der Waals surface area (Å²) < 4.78 is 0. The number of nitrogens with one attached hydrogen (secondary N) is 3. The largest absolute Gasteiger partial charge is 0.481 e. The monoisotopic (exact) mass is 403 g/mol. The molecule has 13 nitrogen and oxygen atoms in total. The van der Waals surface area contributed by atoms with Crippen LogP contribution in [-0.2, 0) is 28.8 Å². The van der Waals surface area contributed by atoms with Gasteiger partial charge in [0.25, 0.3) is 0 Å². The molecule has 0 aromatic carbocycles. The van der Waals surface area contributed by atoms with Crippen molar-refractivity contribution in [3.63, 3.8) is 0 Å². The molecule has 0 spiro atoms. The number of hydrogen-bond acceptors (Lipinski definition) is 7. The van der Waals surface area contributed by atoms with Crippen molar-refractivity contribution in [1.29, 1.82) is 0 Å². The molecule has 0 aliphatic heterocycles. The second kappa shape index (κ2) is 11.5. The fourth-order valence-electron chi connectivity index (χ4n) is 1.89. The van der Waals surface area contributed by atoms with Gasteiger partial charge in [-0.05, 0) is 20.3 Å². The van der Waals surface area contributed by atoms with Gasteiger partial charge in [0.15, 0.2) is 0 Å². The lowest BCUT2D eigenvalue weighted by Crippen LogP contribution is -2.57. The molecule has 0 aliphatic carbocycles. The molecule has 28 heavy (non-hydrogen) atoms. The van der Waals surface area contributed by atoms with Crippen molar-refractivity contribution in [2.45, 2.75) is 57.3 Å². The zero-order valence-corrected chi connectivity index (χ0v) is 15.4. The summed E-state index contributed by atoms with van der Waals surface area (Å²) in [5, 5.41) is 24.2. The Hall–Kier alpha value is -3.22. The number of carbonyl (C=O) groups excluding carboxylic acids is 4. The van der Waals surface area contributed by atoms with E-state index in [2.05, 4.69) is 10.6 Å². The van der Waals surface area contributed by atoms with Crippen LogP contribution in [0.25, 0.3) is 0 Å². The van der Waals surface area contributed by atoms with Crippen molar-refractivity contribution in [1.82, 2.24) is 16.0 Å². The van der Waals surface area contributed by atoms with Gasteiger partial charge in [0, 0.05) is 6.42 Å². The number of carbonyl (C=O) groups is 6. The Morgan fingerprint density at radius 3 is 1.79 bits per heavy atom. The predicted octanol–water partition coefficient (Wildman–Crippen LogP) is -3.37. The SMILES string of the molecule is CC(N)C(=O)NC(CCC(N)=O)C(=O)NC(CC(=O)O)C(=O)NC(C)C(=O)O. The maximum atomic E-state index is 12.4. The van der Waals surface area contributed by atoms with Gasteiger partial charge in [-0.2, -0.15) is 0 Å². The molecule has 4 unspecified atom stereocenters. The molecule has 0 aromatic rings. The minimum atomic E-state index is -1.62. The van der Waals surface area contributed by atoms with E-state index in [1.165, 1.54) is 6.92 Å². The fourth-order valence-corrected chi connectivity index (χ4v) is 1.89. The summed E-state index contributed by atoms with van der Waals surface area (Å²) >= 11 is 0. The zero-order chi connectivity index (χ0) is 22.0. The number of carboxylic acid groups (broad SMARTS) is 2. The van der Waals surface area contributed by atoms with Crippen molar-refractivity contribution in [2.75, 3.05) is 0 Å². The standard InChI is InChI=1S/C15H25N5O8/c1-6(16)12(24)19-8(3-4-10(17)21)13(25)20-9(5-11(22)23)14(26)18-7(2)15(27)28/h6-9H,3-5,16H2,1-2H3,(H2,17,21)(H,18,26)(H,19,24)(H,20,25)(H,22,23)(H,27,28). The summed E-state index contributed by atoms with van der Waals surface area (Å²) in [5.74, 6) is -6.27. The Kier molecular flexibility index (Phi) is 10.2. The zero-order valence-electron chi connectivity index (χ0n) is 15.4. The second-order valence-corrected chi connectivity index (χ2v) is 6.08. The van der Waals surface area contributed by atoms with Crippen LogP contribution in [-0.4, -0.2) is 69.9 Å². The Labute approximate surface area is 160 Å². The average Bonchev–Trinajstić information content (AvgIpc) is 2.56. The van der Waals surface area contributed by atoms with E-state index in [4.69, 9.17) is 21.7 Å². The topological polar surface area (TPSA) is 231 Å². The summed E-state index contributed by atoms with van der Waals surface area (Å²) in [5.41, 5.74) is 10.4. The van der Waals surface area contributed by atoms with E-state index in [9.17, 15) is 28.8 Å². The van der Waals surface area contributed by atoms with E-state index in [0.717, 1.165) is 6.92 Å². The van der Waals surface area contributed by atoms with Crippen LogP contribution >= 0.6 is 0 Å². The third-order valence-corrected chi connectivity index (χ3v) is 3.47. The lowest BCUT2D eigenvalue weighted by Gasteiger charge is -2.23. The number of nitrogens with two attached hydrogens (primary N) is 2. The lowest BCUT2D eigenvalue weighted by atomic mass is 10.1. The van der Waals surface area contributed by atoms with Gasteiger partial charge >= 0.3 is 11.9 Å². The highest BCUT2D eigenvalue weighted by Gasteiger charge is 2.30. The number of amides is 4. The number of hydrogen-bond donors (Lipinski definition) is 7. The van der Waals surface area contributed by atoms with Crippen LogP contribution in [0.5, 0.6) is 0 Å². The summed E-state index contributed by atoms with van der Waals surface area (Å²) in [7, 11) is 0. The summed E-state index contributed by atoms with van der Waals surface area (Å²) in [6.07, 6.45) is -1.33. The Balaban J connectivity index is 5.33. The lowest BCUT2D eigenvalue weighted by molar-refractivity contribution is -0.143.